The lowest BCUT2D eigenvalue weighted by Crippen LogP contribution is -2.05. The largest absolute Gasteiger partial charge is 0.350 e. The third kappa shape index (κ3) is 2.41. The van der Waals surface area contributed by atoms with Crippen LogP contribution >= 0.6 is 0 Å². The molecule has 98 valence electrons. The van der Waals surface area contributed by atoms with Crippen LogP contribution < -0.4 is 5.43 Å². The first-order valence-corrected chi connectivity index (χ1v) is 6.56. The van der Waals surface area contributed by atoms with Crippen molar-refractivity contribution in [1.82, 2.24) is 4.57 Å². The zero-order valence-electron chi connectivity index (χ0n) is 11.3. The summed E-state index contributed by atoms with van der Waals surface area (Å²) in [7, 11) is 1.95. The number of aromatic nitrogens is 1. The van der Waals surface area contributed by atoms with Crippen LogP contribution in [0.25, 0.3) is 23.4 Å². The van der Waals surface area contributed by atoms with E-state index in [1.165, 1.54) is 0 Å². The van der Waals surface area contributed by atoms with Crippen LogP contribution in [0.4, 0.5) is 0 Å². The zero-order valence-corrected chi connectivity index (χ0v) is 11.3. The van der Waals surface area contributed by atoms with Crippen molar-refractivity contribution >= 4 is 12.2 Å². The lowest BCUT2D eigenvalue weighted by Gasteiger charge is -2.13. The molecule has 0 fully saturated rings. The summed E-state index contributed by atoms with van der Waals surface area (Å²) in [5.74, 6) is 0. The molecule has 0 unspecified atom stereocenters. The smallest absolute Gasteiger partial charge is 0.180 e. The van der Waals surface area contributed by atoms with Crippen LogP contribution in [0.2, 0.25) is 0 Å². The van der Waals surface area contributed by atoms with Crippen molar-refractivity contribution in [3.63, 3.8) is 0 Å². The van der Waals surface area contributed by atoms with Crippen molar-refractivity contribution in [2.45, 2.75) is 0 Å². The quantitative estimate of drug-likeness (QED) is 0.690. The van der Waals surface area contributed by atoms with Crippen LogP contribution in [0.1, 0.15) is 11.1 Å². The van der Waals surface area contributed by atoms with Crippen molar-refractivity contribution in [1.29, 1.82) is 0 Å². The van der Waals surface area contributed by atoms with E-state index in [-0.39, 0.29) is 5.43 Å². The number of hydrogen-bond acceptors (Lipinski definition) is 1. The van der Waals surface area contributed by atoms with Gasteiger partial charge in [-0.2, -0.15) is 0 Å². The molecule has 2 aliphatic rings. The first-order valence-electron chi connectivity index (χ1n) is 6.56. The summed E-state index contributed by atoms with van der Waals surface area (Å²) in [5, 5.41) is 0. The van der Waals surface area contributed by atoms with Gasteiger partial charge in [0.25, 0.3) is 0 Å². The maximum absolute atomic E-state index is 11.5. The molecule has 0 amide bonds. The summed E-state index contributed by atoms with van der Waals surface area (Å²) >= 11 is 0. The molecule has 0 saturated carbocycles. The Labute approximate surface area is 118 Å². The Morgan fingerprint density at radius 2 is 1.75 bits per heavy atom. The minimum atomic E-state index is 0.0392. The van der Waals surface area contributed by atoms with Crippen LogP contribution in [0, 0.1) is 0 Å². The van der Waals surface area contributed by atoms with Crippen molar-refractivity contribution in [2.75, 3.05) is 0 Å². The van der Waals surface area contributed by atoms with Gasteiger partial charge in [-0.15, -0.1) is 0 Å². The van der Waals surface area contributed by atoms with E-state index >= 15 is 0 Å². The number of aryl methyl sites for hydroxylation is 1. The Kier molecular flexibility index (Phi) is 3.21. The molecule has 0 radical (unpaired) electrons. The Morgan fingerprint density at radius 3 is 2.55 bits per heavy atom. The molecule has 1 aromatic carbocycles. The molecule has 0 saturated heterocycles. The summed E-state index contributed by atoms with van der Waals surface area (Å²) in [4.78, 5) is 11.5. The molecular formula is C18H15NO. The summed E-state index contributed by atoms with van der Waals surface area (Å²) < 4.78 is 1.97. The minimum absolute atomic E-state index is 0.0392. The summed E-state index contributed by atoms with van der Waals surface area (Å²) in [6.07, 6.45) is 6.15. The number of pyridine rings is 1. The molecule has 1 heterocycles. The molecule has 1 aliphatic carbocycles. The van der Waals surface area contributed by atoms with Crippen LogP contribution in [0.15, 0.2) is 65.6 Å². The van der Waals surface area contributed by atoms with Crippen molar-refractivity contribution < 1.29 is 0 Å². The second-order valence-electron chi connectivity index (χ2n) is 4.80. The van der Waals surface area contributed by atoms with E-state index in [1.54, 1.807) is 12.1 Å². The molecular weight excluding hydrogens is 246 g/mol. The van der Waals surface area contributed by atoms with Crippen LogP contribution in [0.5, 0.6) is 0 Å². The van der Waals surface area contributed by atoms with E-state index in [1.807, 2.05) is 42.1 Å². The van der Waals surface area contributed by atoms with E-state index in [0.29, 0.717) is 0 Å². The van der Waals surface area contributed by atoms with Gasteiger partial charge in [0, 0.05) is 24.9 Å². The number of fused-ring (bicyclic) bond motifs is 1. The average Bonchev–Trinajstić information content (AvgIpc) is 2.48. The number of hydrogen-bond donors (Lipinski definition) is 0. The first kappa shape index (κ1) is 12.4. The third-order valence-electron chi connectivity index (χ3n) is 3.39. The van der Waals surface area contributed by atoms with Gasteiger partial charge in [0.1, 0.15) is 0 Å². The molecule has 0 aromatic heterocycles. The Hall–Kier alpha value is -2.61. The molecule has 0 N–H and O–H groups in total. The van der Waals surface area contributed by atoms with Gasteiger partial charge in [-0.3, -0.25) is 4.79 Å². The standard InChI is InChI=1S/C18H15NO/c1-19-12-11-15(8-7-14-5-3-2-4-6-14)17-10-9-16(20)13-18(17)19/h2-13H,1H3. The number of nitrogens with zero attached hydrogens (tertiary/aromatic N) is 1. The molecule has 2 heteroatoms. The Morgan fingerprint density at radius 1 is 0.950 bits per heavy atom. The van der Waals surface area contributed by atoms with Gasteiger partial charge < -0.3 is 4.57 Å². The summed E-state index contributed by atoms with van der Waals surface area (Å²) in [5.41, 5.74) is 4.35. The SMILES string of the molecule is Cn1ccc(C=Cc2ccccc2)c2ccc(=O)cc1-2. The predicted octanol–water partition coefficient (Wildman–Crippen LogP) is 3.66. The molecule has 0 bridgehead atoms. The van der Waals surface area contributed by atoms with Gasteiger partial charge in [0.2, 0.25) is 0 Å². The van der Waals surface area contributed by atoms with E-state index < -0.39 is 0 Å². The average molecular weight is 261 g/mol. The summed E-state index contributed by atoms with van der Waals surface area (Å²) in [6, 6.07) is 17.4. The van der Waals surface area contributed by atoms with E-state index in [4.69, 9.17) is 0 Å². The van der Waals surface area contributed by atoms with Gasteiger partial charge in [-0.05, 0) is 29.3 Å². The lowest BCUT2D eigenvalue weighted by atomic mass is 10.0. The van der Waals surface area contributed by atoms with Gasteiger partial charge in [0.05, 0.1) is 5.69 Å². The predicted molar refractivity (Wildman–Crippen MR) is 83.7 cm³/mol. The molecule has 1 aromatic rings. The monoisotopic (exact) mass is 261 g/mol. The van der Waals surface area contributed by atoms with E-state index in [0.717, 1.165) is 22.4 Å². The Bertz CT molecular complexity index is 784. The van der Waals surface area contributed by atoms with E-state index in [9.17, 15) is 4.79 Å². The van der Waals surface area contributed by atoms with Crippen molar-refractivity contribution in [2.24, 2.45) is 7.05 Å². The molecule has 20 heavy (non-hydrogen) atoms. The highest BCUT2D eigenvalue weighted by atomic mass is 16.1. The number of benzene rings is 2. The summed E-state index contributed by atoms with van der Waals surface area (Å²) in [6.45, 7) is 0. The molecule has 0 atom stereocenters. The minimum Gasteiger partial charge on any atom is -0.350 e. The first-order chi connectivity index (χ1) is 9.74. The molecule has 2 nitrogen and oxygen atoms in total. The highest BCUT2D eigenvalue weighted by Gasteiger charge is 2.07. The second kappa shape index (κ2) is 5.17. The Balaban J connectivity index is 2.07. The second-order valence-corrected chi connectivity index (χ2v) is 4.80. The topological polar surface area (TPSA) is 22.0 Å². The fourth-order valence-corrected chi connectivity index (χ4v) is 2.31. The zero-order chi connectivity index (χ0) is 13.9. The van der Waals surface area contributed by atoms with E-state index in [2.05, 4.69) is 30.4 Å². The third-order valence-corrected chi connectivity index (χ3v) is 3.39. The van der Waals surface area contributed by atoms with Gasteiger partial charge in [0.15, 0.2) is 5.43 Å². The highest BCUT2D eigenvalue weighted by Crippen LogP contribution is 2.25. The maximum Gasteiger partial charge on any atom is 0.180 e. The molecule has 3 rings (SSSR count). The van der Waals surface area contributed by atoms with Crippen LogP contribution in [0.3, 0.4) is 0 Å². The maximum atomic E-state index is 11.5. The molecule has 1 aliphatic heterocycles. The fraction of sp³-hybridized carbons (Fsp3) is 0.0556. The lowest BCUT2D eigenvalue weighted by molar-refractivity contribution is 0.910. The van der Waals surface area contributed by atoms with Crippen molar-refractivity contribution in [3.05, 3.63) is 82.1 Å². The number of rotatable bonds is 2. The van der Waals surface area contributed by atoms with Crippen molar-refractivity contribution in [3.8, 4) is 11.3 Å². The van der Waals surface area contributed by atoms with Gasteiger partial charge >= 0.3 is 0 Å². The van der Waals surface area contributed by atoms with Crippen LogP contribution in [-0.2, 0) is 7.05 Å². The van der Waals surface area contributed by atoms with Gasteiger partial charge in [-0.1, -0.05) is 42.5 Å². The normalized spacial score (nSPS) is 11.2. The fourth-order valence-electron chi connectivity index (χ4n) is 2.31. The van der Waals surface area contributed by atoms with Gasteiger partial charge in [-0.25, -0.2) is 0 Å². The van der Waals surface area contributed by atoms with Crippen LogP contribution in [-0.4, -0.2) is 4.57 Å². The highest BCUT2D eigenvalue weighted by molar-refractivity contribution is 5.80. The molecule has 0 spiro atoms.